The maximum absolute atomic E-state index is 12.8. The Balaban J connectivity index is 3.36. The molecule has 1 rings (SSSR count). The van der Waals surface area contributed by atoms with E-state index < -0.39 is 0 Å². The molecule has 0 radical (unpaired) electrons. The molecule has 0 aliphatic carbocycles. The van der Waals surface area contributed by atoms with Crippen molar-refractivity contribution in [1.29, 1.82) is 0 Å². The lowest BCUT2D eigenvalue weighted by Gasteiger charge is -2.06. The monoisotopic (exact) mass is 164 g/mol. The third kappa shape index (κ3) is 1.40. The minimum absolute atomic E-state index is 0.332. The van der Waals surface area contributed by atoms with Crippen molar-refractivity contribution in [3.8, 4) is 18.1 Å². The highest BCUT2D eigenvalue weighted by atomic mass is 19.1. The second kappa shape index (κ2) is 3.27. The van der Waals surface area contributed by atoms with E-state index in [1.54, 1.807) is 6.92 Å². The van der Waals surface area contributed by atoms with Crippen LogP contribution in [0.3, 0.4) is 0 Å². The fourth-order valence-electron chi connectivity index (χ4n) is 1.11. The summed E-state index contributed by atoms with van der Waals surface area (Å²) in [7, 11) is 1.51. The molecule has 12 heavy (non-hydrogen) atoms. The molecule has 1 aromatic carbocycles. The average Bonchev–Trinajstić information content (AvgIpc) is 2.03. The average molecular weight is 164 g/mol. The first-order valence-corrected chi connectivity index (χ1v) is 3.49. The molecule has 0 amide bonds. The van der Waals surface area contributed by atoms with Crippen molar-refractivity contribution in [2.75, 3.05) is 7.11 Å². The number of aryl methyl sites for hydroxylation is 1. The first-order valence-electron chi connectivity index (χ1n) is 3.49. The van der Waals surface area contributed by atoms with E-state index in [1.807, 2.05) is 0 Å². The predicted molar refractivity (Wildman–Crippen MR) is 45.6 cm³/mol. The quantitative estimate of drug-likeness (QED) is 0.578. The van der Waals surface area contributed by atoms with Gasteiger partial charge >= 0.3 is 0 Å². The second-order valence-corrected chi connectivity index (χ2v) is 2.45. The molecule has 0 aromatic heterocycles. The number of benzene rings is 1. The summed E-state index contributed by atoms with van der Waals surface area (Å²) in [5, 5.41) is 0. The maximum atomic E-state index is 12.8. The molecule has 0 bridgehead atoms. The van der Waals surface area contributed by atoms with Gasteiger partial charge in [-0.1, -0.05) is 5.92 Å². The standard InChI is InChI=1S/C10H9FO/c1-4-8-6-9(11)5-7(2)10(8)12-3/h1,5-6H,2-3H3. The number of rotatable bonds is 1. The first-order chi connectivity index (χ1) is 5.69. The first kappa shape index (κ1) is 8.61. The lowest BCUT2D eigenvalue weighted by atomic mass is 10.1. The normalized spacial score (nSPS) is 9.17. The Morgan fingerprint density at radius 2 is 2.17 bits per heavy atom. The summed E-state index contributed by atoms with van der Waals surface area (Å²) in [5.74, 6) is 2.60. The molecule has 0 fully saturated rings. The Labute approximate surface area is 71.2 Å². The Morgan fingerprint density at radius 3 is 2.67 bits per heavy atom. The molecule has 0 aliphatic rings. The van der Waals surface area contributed by atoms with Gasteiger partial charge in [-0.05, 0) is 24.6 Å². The van der Waals surface area contributed by atoms with Gasteiger partial charge in [-0.3, -0.25) is 0 Å². The van der Waals surface area contributed by atoms with Gasteiger partial charge in [-0.25, -0.2) is 4.39 Å². The van der Waals surface area contributed by atoms with Gasteiger partial charge in [0.25, 0.3) is 0 Å². The molecule has 0 saturated heterocycles. The molecule has 0 aliphatic heterocycles. The van der Waals surface area contributed by atoms with Gasteiger partial charge in [0.15, 0.2) is 0 Å². The van der Waals surface area contributed by atoms with Gasteiger partial charge in [0.2, 0.25) is 0 Å². The van der Waals surface area contributed by atoms with Crippen LogP contribution >= 0.6 is 0 Å². The smallest absolute Gasteiger partial charge is 0.137 e. The van der Waals surface area contributed by atoms with Crippen LogP contribution in [0, 0.1) is 25.1 Å². The Kier molecular flexibility index (Phi) is 2.35. The molecule has 0 saturated carbocycles. The van der Waals surface area contributed by atoms with Gasteiger partial charge in [0.05, 0.1) is 12.7 Å². The van der Waals surface area contributed by atoms with Crippen molar-refractivity contribution in [3.63, 3.8) is 0 Å². The van der Waals surface area contributed by atoms with Crippen molar-refractivity contribution >= 4 is 0 Å². The van der Waals surface area contributed by atoms with Crippen LogP contribution in [0.1, 0.15) is 11.1 Å². The van der Waals surface area contributed by atoms with Crippen molar-refractivity contribution in [2.45, 2.75) is 6.92 Å². The van der Waals surface area contributed by atoms with E-state index >= 15 is 0 Å². The molecular formula is C10H9FO. The Morgan fingerprint density at radius 1 is 1.50 bits per heavy atom. The van der Waals surface area contributed by atoms with Crippen molar-refractivity contribution in [2.24, 2.45) is 0 Å². The van der Waals surface area contributed by atoms with Crippen LogP contribution in [-0.4, -0.2) is 7.11 Å². The van der Waals surface area contributed by atoms with Crippen LogP contribution in [0.25, 0.3) is 0 Å². The topological polar surface area (TPSA) is 9.23 Å². The third-order valence-corrected chi connectivity index (χ3v) is 1.60. The summed E-state index contributed by atoms with van der Waals surface area (Å²) in [4.78, 5) is 0. The second-order valence-electron chi connectivity index (χ2n) is 2.45. The number of ether oxygens (including phenoxy) is 1. The maximum Gasteiger partial charge on any atom is 0.137 e. The summed E-state index contributed by atoms with van der Waals surface area (Å²) in [6.07, 6.45) is 5.17. The summed E-state index contributed by atoms with van der Waals surface area (Å²) in [6.45, 7) is 1.75. The van der Waals surface area contributed by atoms with Crippen molar-refractivity contribution in [3.05, 3.63) is 29.1 Å². The summed E-state index contributed by atoms with van der Waals surface area (Å²) >= 11 is 0. The van der Waals surface area contributed by atoms with Gasteiger partial charge in [-0.2, -0.15) is 0 Å². The highest BCUT2D eigenvalue weighted by Gasteiger charge is 2.05. The largest absolute Gasteiger partial charge is 0.495 e. The fraction of sp³-hybridized carbons (Fsp3) is 0.200. The summed E-state index contributed by atoms with van der Waals surface area (Å²) < 4.78 is 17.8. The van der Waals surface area contributed by atoms with Gasteiger partial charge in [0, 0.05) is 0 Å². The minimum Gasteiger partial charge on any atom is -0.495 e. The van der Waals surface area contributed by atoms with E-state index in [9.17, 15) is 4.39 Å². The number of halogens is 1. The van der Waals surface area contributed by atoms with Crippen LogP contribution in [0.15, 0.2) is 12.1 Å². The van der Waals surface area contributed by atoms with Crippen molar-refractivity contribution in [1.82, 2.24) is 0 Å². The summed E-state index contributed by atoms with van der Waals surface area (Å²) in [5.41, 5.74) is 1.17. The summed E-state index contributed by atoms with van der Waals surface area (Å²) in [6, 6.07) is 2.67. The van der Waals surface area contributed by atoms with Crippen LogP contribution in [0.5, 0.6) is 5.75 Å². The molecule has 0 N–H and O–H groups in total. The van der Waals surface area contributed by atoms with Gasteiger partial charge < -0.3 is 4.74 Å². The number of hydrogen-bond donors (Lipinski definition) is 0. The van der Waals surface area contributed by atoms with E-state index in [0.29, 0.717) is 16.9 Å². The van der Waals surface area contributed by atoms with E-state index in [1.165, 1.54) is 19.2 Å². The van der Waals surface area contributed by atoms with E-state index in [2.05, 4.69) is 5.92 Å². The zero-order valence-corrected chi connectivity index (χ0v) is 7.02. The minimum atomic E-state index is -0.332. The molecule has 1 aromatic rings. The highest BCUT2D eigenvalue weighted by molar-refractivity contribution is 5.49. The van der Waals surface area contributed by atoms with Crippen LogP contribution in [0.4, 0.5) is 4.39 Å². The van der Waals surface area contributed by atoms with Crippen molar-refractivity contribution < 1.29 is 9.13 Å². The SMILES string of the molecule is C#Cc1cc(F)cc(C)c1OC. The van der Waals surface area contributed by atoms with Gasteiger partial charge in [-0.15, -0.1) is 6.42 Å². The zero-order chi connectivity index (χ0) is 9.14. The zero-order valence-electron chi connectivity index (χ0n) is 7.02. The molecule has 1 nitrogen and oxygen atoms in total. The molecule has 0 atom stereocenters. The van der Waals surface area contributed by atoms with Crippen LogP contribution in [0.2, 0.25) is 0 Å². The molecule has 0 heterocycles. The lowest BCUT2D eigenvalue weighted by Crippen LogP contribution is -1.92. The van der Waals surface area contributed by atoms with E-state index in [0.717, 1.165) is 0 Å². The van der Waals surface area contributed by atoms with Crippen LogP contribution < -0.4 is 4.74 Å². The predicted octanol–water partition coefficient (Wildman–Crippen LogP) is 2.12. The molecular weight excluding hydrogens is 155 g/mol. The van der Waals surface area contributed by atoms with E-state index in [4.69, 9.17) is 11.2 Å². The third-order valence-electron chi connectivity index (χ3n) is 1.60. The van der Waals surface area contributed by atoms with Gasteiger partial charge in [0.1, 0.15) is 11.6 Å². The molecule has 0 unspecified atom stereocenters. The highest BCUT2D eigenvalue weighted by Crippen LogP contribution is 2.23. The number of terminal acetylenes is 1. The molecule has 0 spiro atoms. The molecule has 2 heteroatoms. The number of hydrogen-bond acceptors (Lipinski definition) is 1. The fourth-order valence-corrected chi connectivity index (χ4v) is 1.11. The van der Waals surface area contributed by atoms with E-state index in [-0.39, 0.29) is 5.82 Å². The Bertz CT molecular complexity index is 336. The molecule has 62 valence electrons. The lowest BCUT2D eigenvalue weighted by molar-refractivity contribution is 0.409. The Hall–Kier alpha value is -1.49. The number of methoxy groups -OCH3 is 1. The van der Waals surface area contributed by atoms with Crippen LogP contribution in [-0.2, 0) is 0 Å².